The Morgan fingerprint density at radius 3 is 2.20 bits per heavy atom. The molecule has 5 heavy (non-hydrogen) atoms. The Bertz CT molecular complexity index is 58.7. The maximum Gasteiger partial charge on any atom is 0.0812 e. The number of rotatable bonds is 1. The van der Waals surface area contributed by atoms with Crippen LogP contribution in [0.4, 0.5) is 0 Å². The highest BCUT2D eigenvalue weighted by atomic mass is 32.2. The lowest BCUT2D eigenvalue weighted by Gasteiger charge is -1.84. The van der Waals surface area contributed by atoms with Gasteiger partial charge in [-0.1, -0.05) is 0 Å². The molecule has 0 aromatic rings. The predicted octanol–water partition coefficient (Wildman–Crippen LogP) is -0.489. The van der Waals surface area contributed by atoms with Crippen LogP contribution < -0.4 is 0 Å². The fourth-order valence-electron chi connectivity index (χ4n) is 0. The van der Waals surface area contributed by atoms with E-state index in [0.29, 0.717) is 0 Å². The predicted molar refractivity (Wildman–Crippen MR) is 18.7 cm³/mol. The van der Waals surface area contributed by atoms with Gasteiger partial charge < -0.3 is 4.55 Å². The molecule has 5 heteroatoms. The molecule has 0 saturated heterocycles. The van der Waals surface area contributed by atoms with Crippen molar-refractivity contribution in [3.63, 3.8) is 0 Å². The smallest absolute Gasteiger partial charge is 0.0812 e. The second-order valence-corrected chi connectivity index (χ2v) is 1.32. The van der Waals surface area contributed by atoms with Crippen LogP contribution in [0.1, 0.15) is 0 Å². The summed E-state index contributed by atoms with van der Waals surface area (Å²) in [7, 11) is 0. The Morgan fingerprint density at radius 2 is 2.20 bits per heavy atom. The van der Waals surface area contributed by atoms with Crippen molar-refractivity contribution in [3.8, 4) is 0 Å². The fourth-order valence-corrected chi connectivity index (χ4v) is 0. The van der Waals surface area contributed by atoms with Gasteiger partial charge in [0.15, 0.2) is 0 Å². The molecule has 0 aromatic heterocycles. The van der Waals surface area contributed by atoms with Crippen LogP contribution in [0.5, 0.6) is 0 Å². The molecule has 0 radical (unpaired) electrons. The Morgan fingerprint density at radius 1 is 2.00 bits per heavy atom. The summed E-state index contributed by atoms with van der Waals surface area (Å²) in [5, 5.41) is 0. The molecule has 0 aliphatic heterocycles. The molecule has 0 saturated carbocycles. The number of nitrogens with zero attached hydrogens (tertiary/aromatic N) is 1. The van der Waals surface area contributed by atoms with Gasteiger partial charge in [0.05, 0.1) is 23.7 Å². The monoisotopic (exact) mass is 110 g/mol. The average molecular weight is 110 g/mol. The normalized spacial score (nSPS) is 13.8. The fraction of sp³-hybridized carbons (Fsp3) is 0. The maximum absolute atomic E-state index is 9.10. The molecule has 0 fully saturated rings. The molecule has 0 aliphatic rings. The van der Waals surface area contributed by atoms with Crippen molar-refractivity contribution in [1.29, 1.82) is 0 Å². The van der Waals surface area contributed by atoms with Crippen molar-refractivity contribution in [2.24, 2.45) is 3.77 Å². The second-order valence-electron chi connectivity index (χ2n) is 0.292. The Hall–Kier alpha value is 0.130. The van der Waals surface area contributed by atoms with Gasteiger partial charge in [-0.25, -0.2) is 4.21 Å². The average Bonchev–Trinajstić information content (AvgIpc) is 1.38. The van der Waals surface area contributed by atoms with Crippen LogP contribution in [0.3, 0.4) is 0 Å². The summed E-state index contributed by atoms with van der Waals surface area (Å²) in [5.74, 6) is 0. The van der Waals surface area contributed by atoms with Gasteiger partial charge in [0.25, 0.3) is 0 Å². The summed E-state index contributed by atoms with van der Waals surface area (Å²) in [5.41, 5.74) is 0. The summed E-state index contributed by atoms with van der Waals surface area (Å²) < 4.78 is 20.6. The third-order valence-electron chi connectivity index (χ3n) is 0.0609. The van der Waals surface area contributed by atoms with E-state index in [9.17, 15) is 0 Å². The topological polar surface area (TPSA) is 52.5 Å². The zero-order valence-electron chi connectivity index (χ0n) is 2.08. The minimum absolute atomic E-state index is 2.38. The van der Waals surface area contributed by atoms with Gasteiger partial charge in [0.2, 0.25) is 0 Å². The van der Waals surface area contributed by atoms with Gasteiger partial charge in [0, 0.05) is 0 Å². The minimum atomic E-state index is -2.38. The van der Waals surface area contributed by atoms with Crippen molar-refractivity contribution in [2.75, 3.05) is 0 Å². The van der Waals surface area contributed by atoms with E-state index in [4.69, 9.17) is 8.76 Å². The molecule has 0 spiro atoms. The quantitative estimate of drug-likeness (QED) is 0.428. The van der Waals surface area contributed by atoms with E-state index >= 15 is 0 Å². The van der Waals surface area contributed by atoms with Crippen LogP contribution in [0.2, 0.25) is 0 Å². The lowest BCUT2D eigenvalue weighted by atomic mass is 13.9. The first-order valence-corrected chi connectivity index (χ1v) is 2.10. The standard InChI is InChI=1S/HNO2S2/c2-5(3)1-4/h(H,2,3)/p-1. The van der Waals surface area contributed by atoms with E-state index in [2.05, 4.69) is 16.2 Å². The minimum Gasteiger partial charge on any atom is -0.753 e. The highest BCUT2D eigenvalue weighted by Gasteiger charge is 1.54. The summed E-state index contributed by atoms with van der Waals surface area (Å²) in [6, 6.07) is 0. The molecule has 0 amide bonds. The van der Waals surface area contributed by atoms with Gasteiger partial charge in [-0.05, 0) is 0 Å². The number of hydrogen-bond donors (Lipinski definition) is 0. The van der Waals surface area contributed by atoms with Gasteiger partial charge in [-0.2, -0.15) is 0 Å². The SMILES string of the molecule is O=S([O-])N=S. The van der Waals surface area contributed by atoms with Gasteiger partial charge in [-0.3, -0.25) is 0 Å². The maximum atomic E-state index is 9.10. The molecule has 0 aromatic carbocycles. The summed E-state index contributed by atoms with van der Waals surface area (Å²) >= 11 is 1.31. The summed E-state index contributed by atoms with van der Waals surface area (Å²) in [6.07, 6.45) is 0. The van der Waals surface area contributed by atoms with Crippen molar-refractivity contribution in [3.05, 3.63) is 0 Å². The van der Waals surface area contributed by atoms with Crippen LogP contribution in [-0.4, -0.2) is 8.76 Å². The van der Waals surface area contributed by atoms with Crippen molar-refractivity contribution in [1.82, 2.24) is 0 Å². The Kier molecular flexibility index (Phi) is 2.43. The first-order chi connectivity index (χ1) is 2.27. The molecular formula is NO2S2-. The van der Waals surface area contributed by atoms with E-state index in [0.717, 1.165) is 0 Å². The molecule has 1 unspecified atom stereocenters. The first kappa shape index (κ1) is 5.13. The third kappa shape index (κ3) is 4.13. The van der Waals surface area contributed by atoms with E-state index in [1.165, 1.54) is 0 Å². The van der Waals surface area contributed by atoms with Crippen LogP contribution >= 0.6 is 0 Å². The highest BCUT2D eigenvalue weighted by molar-refractivity contribution is 7.81. The molecular weight excluding hydrogens is 110 g/mol. The van der Waals surface area contributed by atoms with Crippen LogP contribution in [0.15, 0.2) is 3.77 Å². The van der Waals surface area contributed by atoms with Gasteiger partial charge in [0.1, 0.15) is 0 Å². The van der Waals surface area contributed by atoms with E-state index in [1.807, 2.05) is 0 Å². The molecule has 0 bridgehead atoms. The van der Waals surface area contributed by atoms with E-state index in [-0.39, 0.29) is 0 Å². The molecule has 0 rings (SSSR count). The molecule has 1 atom stereocenters. The lowest BCUT2D eigenvalue weighted by molar-refractivity contribution is 0.540. The molecule has 30 valence electrons. The van der Waals surface area contributed by atoms with Crippen LogP contribution in [0, 0.1) is 0 Å². The van der Waals surface area contributed by atoms with Crippen molar-refractivity contribution >= 4 is 23.7 Å². The Balaban J connectivity index is 3.20. The van der Waals surface area contributed by atoms with Gasteiger partial charge in [-0.15, -0.1) is 3.77 Å². The molecule has 0 aliphatic carbocycles. The summed E-state index contributed by atoms with van der Waals surface area (Å²) in [4.78, 5) is 0. The first-order valence-electron chi connectivity index (χ1n) is 0.698. The van der Waals surface area contributed by atoms with Crippen molar-refractivity contribution < 1.29 is 8.76 Å². The van der Waals surface area contributed by atoms with E-state index < -0.39 is 11.3 Å². The zero-order valence-corrected chi connectivity index (χ0v) is 3.71. The lowest BCUT2D eigenvalue weighted by Crippen LogP contribution is -1.71. The van der Waals surface area contributed by atoms with Crippen LogP contribution in [-0.2, 0) is 23.7 Å². The van der Waals surface area contributed by atoms with E-state index in [1.54, 1.807) is 0 Å². The third-order valence-corrected chi connectivity index (χ3v) is 0.548. The largest absolute Gasteiger partial charge is 0.753 e. The Labute approximate surface area is 37.0 Å². The highest BCUT2D eigenvalue weighted by Crippen LogP contribution is 1.64. The van der Waals surface area contributed by atoms with Crippen LogP contribution in [0.25, 0.3) is 0 Å². The van der Waals surface area contributed by atoms with Gasteiger partial charge >= 0.3 is 0 Å². The second kappa shape index (κ2) is 2.37. The summed E-state index contributed by atoms with van der Waals surface area (Å²) in [6.45, 7) is 0. The van der Waals surface area contributed by atoms with Crippen molar-refractivity contribution in [2.45, 2.75) is 0 Å². The number of hydrogen-bond acceptors (Lipinski definition) is 3. The molecule has 0 heterocycles. The molecule has 3 nitrogen and oxygen atoms in total. The zero-order chi connectivity index (χ0) is 4.28. The molecule has 0 N–H and O–H groups in total.